The number of rotatable bonds is 5. The lowest BCUT2D eigenvalue weighted by Gasteiger charge is -2.45. The number of nitrogens with one attached hydrogen (secondary N) is 1. The molecule has 5 nitrogen and oxygen atoms in total. The van der Waals surface area contributed by atoms with Crippen molar-refractivity contribution in [3.63, 3.8) is 0 Å². The fourth-order valence-corrected chi connectivity index (χ4v) is 2.91. The first kappa shape index (κ1) is 15.5. The average molecular weight is 289 g/mol. The number of carbonyl (C=O) groups excluding carboxylic acids is 2. The molecule has 0 aromatic carbocycles. The second-order valence-corrected chi connectivity index (χ2v) is 5.46. The van der Waals surface area contributed by atoms with Gasteiger partial charge in [0.05, 0.1) is 12.2 Å². The minimum atomic E-state index is -0.766. The van der Waals surface area contributed by atoms with E-state index in [1.54, 1.807) is 11.1 Å². The molecule has 21 heavy (non-hydrogen) atoms. The highest BCUT2D eigenvalue weighted by molar-refractivity contribution is 5.99. The molecule has 2 rings (SSSR count). The zero-order chi connectivity index (χ0) is 15.5. The molecule has 0 radical (unpaired) electrons. The number of aromatic nitrogens is 1. The van der Waals surface area contributed by atoms with Gasteiger partial charge in [0.1, 0.15) is 11.6 Å². The van der Waals surface area contributed by atoms with Crippen molar-refractivity contribution in [2.24, 2.45) is 0 Å². The van der Waals surface area contributed by atoms with E-state index in [4.69, 9.17) is 0 Å². The highest BCUT2D eigenvalue weighted by atomic mass is 16.2. The third-order valence-corrected chi connectivity index (χ3v) is 4.36. The molecule has 5 heteroatoms. The minimum absolute atomic E-state index is 0.00426. The number of amides is 2. The molecule has 1 unspecified atom stereocenters. The third kappa shape index (κ3) is 2.77. The lowest BCUT2D eigenvalue weighted by molar-refractivity contribution is -0.156. The van der Waals surface area contributed by atoms with E-state index in [1.165, 1.54) is 0 Å². The third-order valence-electron chi connectivity index (χ3n) is 4.36. The molecule has 1 aromatic rings. The summed E-state index contributed by atoms with van der Waals surface area (Å²) in [7, 11) is 0. The van der Waals surface area contributed by atoms with Crippen LogP contribution in [0.1, 0.15) is 45.7 Å². The molecule has 2 heterocycles. The topological polar surface area (TPSA) is 62.3 Å². The molecule has 0 aliphatic carbocycles. The van der Waals surface area contributed by atoms with E-state index in [2.05, 4.69) is 10.3 Å². The molecule has 1 aromatic heterocycles. The molecule has 114 valence electrons. The van der Waals surface area contributed by atoms with Crippen LogP contribution in [0.4, 0.5) is 0 Å². The summed E-state index contributed by atoms with van der Waals surface area (Å²) in [6.07, 6.45) is 3.51. The Morgan fingerprint density at radius 2 is 1.95 bits per heavy atom. The Kier molecular flexibility index (Phi) is 4.60. The van der Waals surface area contributed by atoms with Crippen molar-refractivity contribution in [2.45, 2.75) is 58.2 Å². The standard InChI is InChI=1S/C16H23N3O2/c1-4-13-14(20)18-16(5-2,6-3)15(21)19(13)11-12-9-7-8-10-17-12/h7-10,13H,4-6,11H2,1-3H3,(H,18,20). The number of carbonyl (C=O) groups is 2. The van der Waals surface area contributed by atoms with Crippen LogP contribution in [0, 0.1) is 0 Å². The van der Waals surface area contributed by atoms with Gasteiger partial charge < -0.3 is 10.2 Å². The Balaban J connectivity index is 2.33. The maximum absolute atomic E-state index is 12.9. The van der Waals surface area contributed by atoms with Gasteiger partial charge in [-0.3, -0.25) is 14.6 Å². The van der Waals surface area contributed by atoms with E-state index in [0.717, 1.165) is 5.69 Å². The smallest absolute Gasteiger partial charge is 0.249 e. The van der Waals surface area contributed by atoms with Crippen molar-refractivity contribution < 1.29 is 9.59 Å². The molecule has 1 atom stereocenters. The largest absolute Gasteiger partial charge is 0.340 e. The molecule has 1 aliphatic heterocycles. The van der Waals surface area contributed by atoms with E-state index in [9.17, 15) is 9.59 Å². The van der Waals surface area contributed by atoms with Gasteiger partial charge in [-0.1, -0.05) is 26.8 Å². The van der Waals surface area contributed by atoms with Crippen molar-refractivity contribution in [1.82, 2.24) is 15.2 Å². The van der Waals surface area contributed by atoms with Crippen LogP contribution in [0.15, 0.2) is 24.4 Å². The Hall–Kier alpha value is -1.91. The lowest BCUT2D eigenvalue weighted by Crippen LogP contribution is -2.69. The second-order valence-electron chi connectivity index (χ2n) is 5.46. The van der Waals surface area contributed by atoms with Gasteiger partial charge in [-0.2, -0.15) is 0 Å². The number of nitrogens with zero attached hydrogens (tertiary/aromatic N) is 2. The summed E-state index contributed by atoms with van der Waals surface area (Å²) in [5, 5.41) is 2.95. The molecule has 1 N–H and O–H groups in total. The Labute approximate surface area is 125 Å². The lowest BCUT2D eigenvalue weighted by atomic mass is 9.86. The summed E-state index contributed by atoms with van der Waals surface area (Å²) in [6.45, 7) is 6.18. The van der Waals surface area contributed by atoms with Gasteiger partial charge in [0.15, 0.2) is 0 Å². The van der Waals surface area contributed by atoms with Crippen molar-refractivity contribution in [1.29, 1.82) is 0 Å². The van der Waals surface area contributed by atoms with Gasteiger partial charge in [0, 0.05) is 6.20 Å². The van der Waals surface area contributed by atoms with Crippen LogP contribution < -0.4 is 5.32 Å². The number of pyridine rings is 1. The molecule has 1 aliphatic rings. The van der Waals surface area contributed by atoms with Crippen molar-refractivity contribution in [3.05, 3.63) is 30.1 Å². The number of hydrogen-bond acceptors (Lipinski definition) is 3. The van der Waals surface area contributed by atoms with Crippen LogP contribution in [0.2, 0.25) is 0 Å². The van der Waals surface area contributed by atoms with Gasteiger partial charge in [0.25, 0.3) is 0 Å². The number of hydrogen-bond donors (Lipinski definition) is 1. The molecule has 0 saturated carbocycles. The normalized spacial score (nSPS) is 21.3. The van der Waals surface area contributed by atoms with E-state index in [1.807, 2.05) is 39.0 Å². The highest BCUT2D eigenvalue weighted by Crippen LogP contribution is 2.27. The van der Waals surface area contributed by atoms with E-state index in [-0.39, 0.29) is 11.8 Å². The van der Waals surface area contributed by atoms with Gasteiger partial charge in [-0.25, -0.2) is 0 Å². The van der Waals surface area contributed by atoms with Gasteiger partial charge in [-0.15, -0.1) is 0 Å². The zero-order valence-corrected chi connectivity index (χ0v) is 12.9. The van der Waals surface area contributed by atoms with Crippen molar-refractivity contribution in [2.75, 3.05) is 0 Å². The predicted octanol–water partition coefficient (Wildman–Crippen LogP) is 1.88. The summed E-state index contributed by atoms with van der Waals surface area (Å²) < 4.78 is 0. The van der Waals surface area contributed by atoms with Crippen LogP contribution in [-0.2, 0) is 16.1 Å². The summed E-state index contributed by atoms with van der Waals surface area (Å²) in [5.74, 6) is -0.0543. The van der Waals surface area contributed by atoms with Crippen LogP contribution in [0.3, 0.4) is 0 Å². The van der Waals surface area contributed by atoms with E-state index < -0.39 is 11.6 Å². The molecular formula is C16H23N3O2. The van der Waals surface area contributed by atoms with Crippen molar-refractivity contribution in [3.8, 4) is 0 Å². The van der Waals surface area contributed by atoms with Gasteiger partial charge in [0.2, 0.25) is 11.8 Å². The molecule has 2 amide bonds. The zero-order valence-electron chi connectivity index (χ0n) is 12.9. The van der Waals surface area contributed by atoms with E-state index >= 15 is 0 Å². The van der Waals surface area contributed by atoms with Crippen LogP contribution >= 0.6 is 0 Å². The highest BCUT2D eigenvalue weighted by Gasteiger charge is 2.48. The monoisotopic (exact) mass is 289 g/mol. The summed E-state index contributed by atoms with van der Waals surface area (Å²) >= 11 is 0. The Morgan fingerprint density at radius 3 is 2.48 bits per heavy atom. The van der Waals surface area contributed by atoms with Crippen molar-refractivity contribution >= 4 is 11.8 Å². The first-order valence-corrected chi connectivity index (χ1v) is 7.61. The van der Waals surface area contributed by atoms with Gasteiger partial charge >= 0.3 is 0 Å². The minimum Gasteiger partial charge on any atom is -0.340 e. The molecule has 0 bridgehead atoms. The summed E-state index contributed by atoms with van der Waals surface area (Å²) in [6, 6.07) is 5.20. The first-order chi connectivity index (χ1) is 10.1. The van der Waals surface area contributed by atoms with Crippen LogP contribution in [0.5, 0.6) is 0 Å². The molecular weight excluding hydrogens is 266 g/mol. The fourth-order valence-electron chi connectivity index (χ4n) is 2.91. The SMILES string of the molecule is CCC1C(=O)NC(CC)(CC)C(=O)N1Cc1ccccn1. The van der Waals surface area contributed by atoms with E-state index in [0.29, 0.717) is 25.8 Å². The summed E-state index contributed by atoms with van der Waals surface area (Å²) in [4.78, 5) is 31.3. The summed E-state index contributed by atoms with van der Waals surface area (Å²) in [5.41, 5.74) is 0.0393. The predicted molar refractivity (Wildman–Crippen MR) is 80.3 cm³/mol. The Bertz CT molecular complexity index is 512. The maximum Gasteiger partial charge on any atom is 0.249 e. The molecule has 1 saturated heterocycles. The van der Waals surface area contributed by atoms with Crippen LogP contribution in [0.25, 0.3) is 0 Å². The van der Waals surface area contributed by atoms with Gasteiger partial charge in [-0.05, 0) is 31.4 Å². The maximum atomic E-state index is 12.9. The van der Waals surface area contributed by atoms with Crippen LogP contribution in [-0.4, -0.2) is 33.3 Å². The second kappa shape index (κ2) is 6.24. The molecule has 1 fully saturated rings. The Morgan fingerprint density at radius 1 is 1.24 bits per heavy atom. The fraction of sp³-hybridized carbons (Fsp3) is 0.562. The number of piperazine rings is 1. The quantitative estimate of drug-likeness (QED) is 0.900. The first-order valence-electron chi connectivity index (χ1n) is 7.61. The average Bonchev–Trinajstić information content (AvgIpc) is 2.52. The molecule has 0 spiro atoms.